The number of hydrogen-bond acceptors (Lipinski definition) is 3. The molecule has 1 heterocycles. The van der Waals surface area contributed by atoms with Gasteiger partial charge in [0.1, 0.15) is 5.82 Å². The largest absolute Gasteiger partial charge is 0.382 e. The number of guanidine groups is 1. The second-order valence-electron chi connectivity index (χ2n) is 8.36. The number of aryl methyl sites for hydroxylation is 1. The number of hydrogen-bond donors (Lipinski definition) is 2. The second-order valence-corrected chi connectivity index (χ2v) is 8.36. The lowest BCUT2D eigenvalue weighted by molar-refractivity contribution is 0.105. The number of nitrogens with zero attached hydrogens (tertiary/aromatic N) is 3. The fourth-order valence-corrected chi connectivity index (χ4v) is 4.36. The van der Waals surface area contributed by atoms with Crippen LogP contribution in [0.1, 0.15) is 56.0 Å². The van der Waals surface area contributed by atoms with E-state index in [1.807, 2.05) is 26.4 Å². The second kappa shape index (κ2) is 11.2. The fraction of sp³-hybridized carbons (Fsp3) is 0.583. The molecule has 6 heteroatoms. The van der Waals surface area contributed by atoms with Gasteiger partial charge in [-0.15, -0.1) is 0 Å². The molecule has 0 radical (unpaired) electrons. The average Bonchev–Trinajstić information content (AvgIpc) is 3.38. The highest BCUT2D eigenvalue weighted by atomic mass is 16.5. The summed E-state index contributed by atoms with van der Waals surface area (Å²) in [5.41, 5.74) is 2.87. The quantitative estimate of drug-likeness (QED) is 0.354. The van der Waals surface area contributed by atoms with E-state index in [1.165, 1.54) is 36.8 Å². The van der Waals surface area contributed by atoms with Crippen molar-refractivity contribution in [1.82, 2.24) is 20.2 Å². The SMILES string of the molecule is CCOCCC1(CNC(=NC)NCc2cccc(Cn3ccnc3C)c2)CCCC1. The Morgan fingerprint density at radius 3 is 2.73 bits per heavy atom. The Balaban J connectivity index is 1.51. The predicted molar refractivity (Wildman–Crippen MR) is 123 cm³/mol. The summed E-state index contributed by atoms with van der Waals surface area (Å²) in [6, 6.07) is 8.69. The molecule has 0 spiro atoms. The molecule has 1 aliphatic carbocycles. The van der Waals surface area contributed by atoms with E-state index in [0.717, 1.165) is 51.1 Å². The summed E-state index contributed by atoms with van der Waals surface area (Å²) in [6.07, 6.45) is 10.2. The molecule has 0 aliphatic heterocycles. The van der Waals surface area contributed by atoms with Gasteiger partial charge >= 0.3 is 0 Å². The molecule has 164 valence electrons. The van der Waals surface area contributed by atoms with Gasteiger partial charge in [-0.3, -0.25) is 4.99 Å². The minimum Gasteiger partial charge on any atom is -0.382 e. The molecule has 1 aromatic heterocycles. The Morgan fingerprint density at radius 1 is 1.23 bits per heavy atom. The van der Waals surface area contributed by atoms with E-state index in [0.29, 0.717) is 5.41 Å². The van der Waals surface area contributed by atoms with Gasteiger partial charge in [-0.2, -0.15) is 0 Å². The first-order valence-corrected chi connectivity index (χ1v) is 11.2. The van der Waals surface area contributed by atoms with Gasteiger partial charge < -0.3 is 19.9 Å². The van der Waals surface area contributed by atoms with Gasteiger partial charge in [0, 0.05) is 52.3 Å². The lowest BCUT2D eigenvalue weighted by Gasteiger charge is -2.30. The summed E-state index contributed by atoms with van der Waals surface area (Å²) in [5.74, 6) is 1.90. The molecular formula is C24H37N5O. The number of imidazole rings is 1. The third-order valence-corrected chi connectivity index (χ3v) is 6.23. The van der Waals surface area contributed by atoms with Crippen molar-refractivity contribution < 1.29 is 4.74 Å². The first-order chi connectivity index (χ1) is 14.6. The van der Waals surface area contributed by atoms with Crippen molar-refractivity contribution in [3.8, 4) is 0 Å². The van der Waals surface area contributed by atoms with Crippen LogP contribution in [0.4, 0.5) is 0 Å². The lowest BCUT2D eigenvalue weighted by Crippen LogP contribution is -2.43. The third kappa shape index (κ3) is 6.33. The molecule has 0 saturated heterocycles. The molecule has 3 rings (SSSR count). The molecule has 1 fully saturated rings. The topological polar surface area (TPSA) is 63.5 Å². The van der Waals surface area contributed by atoms with Crippen LogP contribution >= 0.6 is 0 Å². The zero-order chi connectivity index (χ0) is 21.2. The molecule has 1 saturated carbocycles. The Labute approximate surface area is 181 Å². The van der Waals surface area contributed by atoms with Crippen LogP contribution in [0, 0.1) is 12.3 Å². The van der Waals surface area contributed by atoms with Crippen molar-refractivity contribution in [3.63, 3.8) is 0 Å². The average molecular weight is 412 g/mol. The van der Waals surface area contributed by atoms with Gasteiger partial charge in [-0.1, -0.05) is 37.1 Å². The van der Waals surface area contributed by atoms with E-state index >= 15 is 0 Å². The highest BCUT2D eigenvalue weighted by Gasteiger charge is 2.33. The molecule has 0 atom stereocenters. The molecule has 1 aromatic carbocycles. The Hall–Kier alpha value is -2.34. The molecule has 30 heavy (non-hydrogen) atoms. The van der Waals surface area contributed by atoms with Crippen molar-refractivity contribution in [2.75, 3.05) is 26.8 Å². The summed E-state index contributed by atoms with van der Waals surface area (Å²) in [4.78, 5) is 8.74. The standard InChI is InChI=1S/C24H37N5O/c1-4-30-15-12-24(10-5-6-11-24)19-28-23(25-3)27-17-21-8-7-9-22(16-21)18-29-14-13-26-20(29)2/h7-9,13-14,16H,4-6,10-12,15,17-19H2,1-3H3,(H2,25,27,28). The van der Waals surface area contributed by atoms with Crippen molar-refractivity contribution in [3.05, 3.63) is 53.6 Å². The number of aliphatic imine (C=N–C) groups is 1. The highest BCUT2D eigenvalue weighted by Crippen LogP contribution is 2.40. The zero-order valence-electron chi connectivity index (χ0n) is 18.8. The van der Waals surface area contributed by atoms with Crippen molar-refractivity contribution in [2.45, 2.75) is 59.0 Å². The number of nitrogens with one attached hydrogen (secondary N) is 2. The van der Waals surface area contributed by atoms with Gasteiger partial charge in [0.25, 0.3) is 0 Å². The first-order valence-electron chi connectivity index (χ1n) is 11.2. The molecule has 0 bridgehead atoms. The maximum Gasteiger partial charge on any atom is 0.191 e. The molecule has 2 N–H and O–H groups in total. The molecule has 2 aromatic rings. The minimum absolute atomic E-state index is 0.343. The Bertz CT molecular complexity index is 807. The van der Waals surface area contributed by atoms with E-state index in [9.17, 15) is 0 Å². The normalized spacial score (nSPS) is 16.0. The van der Waals surface area contributed by atoms with Crippen LogP contribution in [0.25, 0.3) is 0 Å². The monoisotopic (exact) mass is 411 g/mol. The van der Waals surface area contributed by atoms with Crippen molar-refractivity contribution in [2.24, 2.45) is 10.4 Å². The van der Waals surface area contributed by atoms with Crippen LogP contribution in [-0.4, -0.2) is 42.3 Å². The van der Waals surface area contributed by atoms with E-state index in [2.05, 4.69) is 56.4 Å². The van der Waals surface area contributed by atoms with Gasteiger partial charge in [0.05, 0.1) is 0 Å². The van der Waals surface area contributed by atoms with Crippen molar-refractivity contribution in [1.29, 1.82) is 0 Å². The molecule has 1 aliphatic rings. The van der Waals surface area contributed by atoms with Gasteiger partial charge in [0.15, 0.2) is 5.96 Å². The van der Waals surface area contributed by atoms with Gasteiger partial charge in [0.2, 0.25) is 0 Å². The fourth-order valence-electron chi connectivity index (χ4n) is 4.36. The Morgan fingerprint density at radius 2 is 2.03 bits per heavy atom. The number of aromatic nitrogens is 2. The summed E-state index contributed by atoms with van der Waals surface area (Å²) >= 11 is 0. The zero-order valence-corrected chi connectivity index (χ0v) is 18.8. The highest BCUT2D eigenvalue weighted by molar-refractivity contribution is 5.79. The van der Waals surface area contributed by atoms with Crippen LogP contribution in [0.15, 0.2) is 41.7 Å². The number of ether oxygens (including phenoxy) is 1. The van der Waals surface area contributed by atoms with Crippen LogP contribution in [-0.2, 0) is 17.8 Å². The van der Waals surface area contributed by atoms with Crippen LogP contribution in [0.3, 0.4) is 0 Å². The third-order valence-electron chi connectivity index (χ3n) is 6.23. The summed E-state index contributed by atoms with van der Waals surface area (Å²) in [6.45, 7) is 8.31. The van der Waals surface area contributed by atoms with E-state index in [-0.39, 0.29) is 0 Å². The number of rotatable bonds is 10. The molecular weight excluding hydrogens is 374 g/mol. The predicted octanol–water partition coefficient (Wildman–Crippen LogP) is 3.89. The Kier molecular flexibility index (Phi) is 8.31. The smallest absolute Gasteiger partial charge is 0.191 e. The molecule has 0 amide bonds. The van der Waals surface area contributed by atoms with Crippen LogP contribution in [0.2, 0.25) is 0 Å². The van der Waals surface area contributed by atoms with Crippen LogP contribution < -0.4 is 10.6 Å². The van der Waals surface area contributed by atoms with Crippen molar-refractivity contribution >= 4 is 5.96 Å². The van der Waals surface area contributed by atoms with E-state index < -0.39 is 0 Å². The summed E-state index contributed by atoms with van der Waals surface area (Å²) in [5, 5.41) is 7.06. The number of benzene rings is 1. The lowest BCUT2D eigenvalue weighted by atomic mass is 9.83. The molecule has 6 nitrogen and oxygen atoms in total. The van der Waals surface area contributed by atoms with Gasteiger partial charge in [-0.05, 0) is 49.7 Å². The first kappa shape index (κ1) is 22.3. The van der Waals surface area contributed by atoms with E-state index in [4.69, 9.17) is 4.74 Å². The van der Waals surface area contributed by atoms with E-state index in [1.54, 1.807) is 0 Å². The van der Waals surface area contributed by atoms with Crippen LogP contribution in [0.5, 0.6) is 0 Å². The summed E-state index contributed by atoms with van der Waals surface area (Å²) < 4.78 is 7.80. The summed E-state index contributed by atoms with van der Waals surface area (Å²) in [7, 11) is 1.84. The molecule has 0 unspecified atom stereocenters. The minimum atomic E-state index is 0.343. The van der Waals surface area contributed by atoms with Gasteiger partial charge in [-0.25, -0.2) is 4.98 Å². The maximum absolute atomic E-state index is 5.64. The maximum atomic E-state index is 5.64.